The second-order valence-corrected chi connectivity index (χ2v) is 9.24. The molecule has 0 fully saturated rings. The topological polar surface area (TPSA) is 44.4 Å². The number of carbonyl (C=O) groups is 1. The fraction of sp³-hybridized carbons (Fsp3) is 0.227. The molecule has 0 radical (unpaired) electrons. The van der Waals surface area contributed by atoms with Crippen LogP contribution in [0.2, 0.25) is 10.0 Å². The number of carbonyl (C=O) groups excluding carboxylic acids is 1. The molecule has 0 saturated heterocycles. The Bertz CT molecular complexity index is 1080. The molecule has 2 aromatic carbocycles. The van der Waals surface area contributed by atoms with Crippen LogP contribution >= 0.6 is 34.5 Å². The van der Waals surface area contributed by atoms with E-state index in [1.165, 1.54) is 16.0 Å². The minimum Gasteiger partial charge on any atom is -0.353 e. The summed E-state index contributed by atoms with van der Waals surface area (Å²) in [5.41, 5.74) is 4.05. The highest BCUT2D eigenvalue weighted by Gasteiger charge is 2.34. The number of hydrogen-bond acceptors (Lipinski definition) is 4. The summed E-state index contributed by atoms with van der Waals surface area (Å²) in [5, 5.41) is 8.36. The van der Waals surface area contributed by atoms with Gasteiger partial charge in [0.2, 0.25) is 0 Å². The number of rotatable bonds is 3. The molecule has 1 unspecified atom stereocenters. The number of thiophene rings is 1. The van der Waals surface area contributed by atoms with Gasteiger partial charge in [0.1, 0.15) is 11.2 Å². The summed E-state index contributed by atoms with van der Waals surface area (Å²) in [7, 11) is 0. The summed E-state index contributed by atoms with van der Waals surface area (Å²) >= 11 is 14.2. The molecule has 2 aliphatic heterocycles. The molecule has 3 heterocycles. The molecular formula is C22H19Cl2N3OS. The van der Waals surface area contributed by atoms with Crippen molar-refractivity contribution in [3.63, 3.8) is 0 Å². The number of nitrogens with one attached hydrogen (secondary N) is 2. The Hall–Kier alpha value is -2.05. The van der Waals surface area contributed by atoms with Gasteiger partial charge in [0.25, 0.3) is 5.91 Å². The van der Waals surface area contributed by atoms with Crippen molar-refractivity contribution in [3.8, 4) is 0 Å². The molecule has 4 nitrogen and oxygen atoms in total. The Kier molecular flexibility index (Phi) is 5.00. The van der Waals surface area contributed by atoms with Crippen molar-refractivity contribution in [2.24, 2.45) is 0 Å². The highest BCUT2D eigenvalue weighted by Crippen LogP contribution is 2.42. The minimum atomic E-state index is -0.387. The number of nitrogens with zero attached hydrogens (tertiary/aromatic N) is 1. The van der Waals surface area contributed by atoms with E-state index in [1.807, 2.05) is 18.2 Å². The molecule has 29 heavy (non-hydrogen) atoms. The minimum absolute atomic E-state index is 0.0474. The smallest absolute Gasteiger partial charge is 0.256 e. The average molecular weight is 444 g/mol. The van der Waals surface area contributed by atoms with Crippen molar-refractivity contribution in [1.29, 1.82) is 0 Å². The largest absolute Gasteiger partial charge is 0.353 e. The van der Waals surface area contributed by atoms with Crippen LogP contribution in [0.5, 0.6) is 0 Å². The maximum absolute atomic E-state index is 12.9. The summed E-state index contributed by atoms with van der Waals surface area (Å²) < 4.78 is 0. The third-order valence-corrected chi connectivity index (χ3v) is 7.44. The molecule has 0 spiro atoms. The Morgan fingerprint density at radius 3 is 2.72 bits per heavy atom. The molecular weight excluding hydrogens is 425 g/mol. The van der Waals surface area contributed by atoms with E-state index in [9.17, 15) is 4.79 Å². The summed E-state index contributed by atoms with van der Waals surface area (Å²) in [5.74, 6) is -0.0474. The van der Waals surface area contributed by atoms with Gasteiger partial charge in [-0.3, -0.25) is 9.69 Å². The monoisotopic (exact) mass is 443 g/mol. The lowest BCUT2D eigenvalue weighted by atomic mass is 10.00. The highest BCUT2D eigenvalue weighted by atomic mass is 35.5. The molecule has 0 bridgehead atoms. The van der Waals surface area contributed by atoms with Crippen LogP contribution in [0.1, 0.15) is 38.1 Å². The van der Waals surface area contributed by atoms with Gasteiger partial charge in [-0.2, -0.15) is 0 Å². The van der Waals surface area contributed by atoms with E-state index in [0.29, 0.717) is 10.0 Å². The molecule has 3 aromatic rings. The number of halogens is 2. The van der Waals surface area contributed by atoms with Gasteiger partial charge in [-0.25, -0.2) is 0 Å². The fourth-order valence-corrected chi connectivity index (χ4v) is 5.78. The van der Waals surface area contributed by atoms with E-state index < -0.39 is 0 Å². The van der Waals surface area contributed by atoms with Crippen molar-refractivity contribution in [2.75, 3.05) is 11.9 Å². The Balaban J connectivity index is 1.40. The standard InChI is InChI=1S/C22H19Cl2N3OS/c23-16-8-4-7-15(19(16)24)20-25-21(28)18-14-9-10-27(11-13-5-2-1-3-6-13)12-17(14)29-22(18)26-20/h1-8,20,26H,9-12H2,(H,25,28). The molecule has 2 aliphatic rings. The summed E-state index contributed by atoms with van der Waals surface area (Å²) in [6.45, 7) is 2.73. The third-order valence-electron chi connectivity index (χ3n) is 5.46. The first-order valence-corrected chi connectivity index (χ1v) is 11.1. The van der Waals surface area contributed by atoms with E-state index >= 15 is 0 Å². The van der Waals surface area contributed by atoms with Crippen LogP contribution < -0.4 is 10.6 Å². The number of amides is 1. The summed E-state index contributed by atoms with van der Waals surface area (Å²) in [6, 6.07) is 16.0. The van der Waals surface area contributed by atoms with Crippen molar-refractivity contribution in [2.45, 2.75) is 25.7 Å². The highest BCUT2D eigenvalue weighted by molar-refractivity contribution is 7.16. The number of benzene rings is 2. The van der Waals surface area contributed by atoms with Crippen LogP contribution in [-0.2, 0) is 19.5 Å². The third kappa shape index (κ3) is 3.53. The van der Waals surface area contributed by atoms with Crippen molar-refractivity contribution in [1.82, 2.24) is 10.2 Å². The molecule has 0 aliphatic carbocycles. The second-order valence-electron chi connectivity index (χ2n) is 7.35. The quantitative estimate of drug-likeness (QED) is 0.563. The van der Waals surface area contributed by atoms with Crippen LogP contribution in [0.15, 0.2) is 48.5 Å². The van der Waals surface area contributed by atoms with Crippen LogP contribution in [-0.4, -0.2) is 17.4 Å². The van der Waals surface area contributed by atoms with Gasteiger partial charge in [-0.05, 0) is 23.6 Å². The molecule has 148 valence electrons. The Labute approximate surface area is 183 Å². The number of hydrogen-bond donors (Lipinski definition) is 2. The van der Waals surface area contributed by atoms with E-state index in [-0.39, 0.29) is 12.1 Å². The second kappa shape index (κ2) is 7.65. The maximum Gasteiger partial charge on any atom is 0.256 e. The van der Waals surface area contributed by atoms with Crippen LogP contribution in [0.4, 0.5) is 5.00 Å². The predicted molar refractivity (Wildman–Crippen MR) is 119 cm³/mol. The number of fused-ring (bicyclic) bond motifs is 3. The van der Waals surface area contributed by atoms with E-state index in [0.717, 1.165) is 42.2 Å². The number of anilines is 1. The zero-order valence-corrected chi connectivity index (χ0v) is 17.9. The van der Waals surface area contributed by atoms with Gasteiger partial charge in [0.15, 0.2) is 0 Å². The SMILES string of the molecule is O=C1NC(c2cccc(Cl)c2Cl)Nc2sc3c(c21)CCN(Cc1ccccc1)C3. The molecule has 1 atom stereocenters. The first kappa shape index (κ1) is 18.9. The molecule has 5 rings (SSSR count). The van der Waals surface area contributed by atoms with Crippen molar-refractivity contribution >= 4 is 45.4 Å². The van der Waals surface area contributed by atoms with Gasteiger partial charge in [0, 0.05) is 30.1 Å². The van der Waals surface area contributed by atoms with Crippen LogP contribution in [0.3, 0.4) is 0 Å². The Morgan fingerprint density at radius 1 is 1.07 bits per heavy atom. The molecule has 1 amide bonds. The van der Waals surface area contributed by atoms with Gasteiger partial charge in [-0.1, -0.05) is 65.7 Å². The normalized spacial score (nSPS) is 18.6. The lowest BCUT2D eigenvalue weighted by molar-refractivity contribution is 0.0934. The summed E-state index contributed by atoms with van der Waals surface area (Å²) in [6.07, 6.45) is 0.493. The van der Waals surface area contributed by atoms with E-state index in [4.69, 9.17) is 23.2 Å². The molecule has 0 saturated carbocycles. The average Bonchev–Trinajstić information content (AvgIpc) is 3.09. The molecule has 2 N–H and O–H groups in total. The predicted octanol–water partition coefficient (Wildman–Crippen LogP) is 5.47. The van der Waals surface area contributed by atoms with E-state index in [1.54, 1.807) is 17.4 Å². The maximum atomic E-state index is 12.9. The zero-order valence-electron chi connectivity index (χ0n) is 15.5. The molecule has 7 heteroatoms. The first-order valence-electron chi connectivity index (χ1n) is 9.52. The van der Waals surface area contributed by atoms with Gasteiger partial charge in [0.05, 0.1) is 15.6 Å². The molecule has 1 aromatic heterocycles. The summed E-state index contributed by atoms with van der Waals surface area (Å²) in [4.78, 5) is 16.6. The van der Waals surface area contributed by atoms with Crippen LogP contribution in [0.25, 0.3) is 0 Å². The van der Waals surface area contributed by atoms with Gasteiger partial charge >= 0.3 is 0 Å². The van der Waals surface area contributed by atoms with E-state index in [2.05, 4.69) is 39.8 Å². The Morgan fingerprint density at radius 2 is 1.90 bits per heavy atom. The lowest BCUT2D eigenvalue weighted by Gasteiger charge is -2.29. The van der Waals surface area contributed by atoms with Crippen LogP contribution in [0, 0.1) is 0 Å². The van der Waals surface area contributed by atoms with Crippen molar-refractivity contribution < 1.29 is 4.79 Å². The lowest BCUT2D eigenvalue weighted by Crippen LogP contribution is -2.39. The van der Waals surface area contributed by atoms with Gasteiger partial charge < -0.3 is 10.6 Å². The zero-order chi connectivity index (χ0) is 20.0. The van der Waals surface area contributed by atoms with Crippen molar-refractivity contribution in [3.05, 3.63) is 85.7 Å². The first-order chi connectivity index (χ1) is 14.1. The van der Waals surface area contributed by atoms with Gasteiger partial charge in [-0.15, -0.1) is 11.3 Å². The fourth-order valence-electron chi connectivity index (χ4n) is 4.04.